The summed E-state index contributed by atoms with van der Waals surface area (Å²) in [5.74, 6) is 4.06. The maximum atomic E-state index is 13.4. The summed E-state index contributed by atoms with van der Waals surface area (Å²) in [7, 11) is 0. The van der Waals surface area contributed by atoms with Crippen LogP contribution in [0, 0.1) is 31.5 Å². The average Bonchev–Trinajstić information content (AvgIpc) is 2.77. The predicted octanol–water partition coefficient (Wildman–Crippen LogP) is 1.76. The van der Waals surface area contributed by atoms with Crippen LogP contribution in [0.3, 0.4) is 0 Å². The van der Waals surface area contributed by atoms with Crippen molar-refractivity contribution in [1.29, 1.82) is 0 Å². The van der Waals surface area contributed by atoms with Crippen molar-refractivity contribution in [2.75, 3.05) is 11.9 Å². The molecular formula is C15H14FN3O2. The standard InChI is InChI=1S/C15H14FN3O2/c1-9-14(10(2)19-18-9)17-15(21)13-8-12(16)6-5-11(13)4-3-7-20/h5-6,8,20H,7H2,1-2H3,(H,17,21)(H,18,19). The summed E-state index contributed by atoms with van der Waals surface area (Å²) in [6, 6.07) is 3.73. The first kappa shape index (κ1) is 14.8. The maximum absolute atomic E-state index is 13.4. The first-order valence-corrected chi connectivity index (χ1v) is 6.25. The van der Waals surface area contributed by atoms with Gasteiger partial charge in [-0.25, -0.2) is 4.39 Å². The summed E-state index contributed by atoms with van der Waals surface area (Å²) in [6.45, 7) is 3.18. The summed E-state index contributed by atoms with van der Waals surface area (Å²) in [5, 5.41) is 18.2. The minimum atomic E-state index is -0.532. The number of aromatic nitrogens is 2. The van der Waals surface area contributed by atoms with Gasteiger partial charge in [0.1, 0.15) is 12.4 Å². The van der Waals surface area contributed by atoms with E-state index in [-0.39, 0.29) is 12.2 Å². The second kappa shape index (κ2) is 6.20. The van der Waals surface area contributed by atoms with E-state index in [1.165, 1.54) is 12.1 Å². The number of rotatable bonds is 2. The highest BCUT2D eigenvalue weighted by atomic mass is 19.1. The van der Waals surface area contributed by atoms with Crippen LogP contribution in [0.25, 0.3) is 0 Å². The Balaban J connectivity index is 2.36. The van der Waals surface area contributed by atoms with E-state index in [0.29, 0.717) is 22.6 Å². The fraction of sp³-hybridized carbons (Fsp3) is 0.200. The fourth-order valence-corrected chi connectivity index (χ4v) is 1.86. The van der Waals surface area contributed by atoms with Gasteiger partial charge in [-0.3, -0.25) is 9.89 Å². The molecule has 1 heterocycles. The number of aromatic amines is 1. The number of hydrogen-bond acceptors (Lipinski definition) is 3. The third-order valence-electron chi connectivity index (χ3n) is 2.90. The number of aliphatic hydroxyl groups excluding tert-OH is 1. The summed E-state index contributed by atoms with van der Waals surface area (Å²) in [5.41, 5.74) is 2.36. The monoisotopic (exact) mass is 287 g/mol. The zero-order valence-electron chi connectivity index (χ0n) is 11.6. The first-order chi connectivity index (χ1) is 10.0. The Kier molecular flexibility index (Phi) is 4.36. The van der Waals surface area contributed by atoms with Gasteiger partial charge in [-0.2, -0.15) is 5.10 Å². The van der Waals surface area contributed by atoms with Gasteiger partial charge >= 0.3 is 0 Å². The number of nitrogens with one attached hydrogen (secondary N) is 2. The minimum Gasteiger partial charge on any atom is -0.384 e. The zero-order valence-corrected chi connectivity index (χ0v) is 11.6. The normalized spacial score (nSPS) is 9.90. The molecule has 108 valence electrons. The van der Waals surface area contributed by atoms with Crippen molar-refractivity contribution in [2.45, 2.75) is 13.8 Å². The van der Waals surface area contributed by atoms with E-state index in [1.54, 1.807) is 13.8 Å². The molecule has 2 rings (SSSR count). The molecule has 21 heavy (non-hydrogen) atoms. The Hall–Kier alpha value is -2.65. The highest BCUT2D eigenvalue weighted by molar-refractivity contribution is 6.06. The van der Waals surface area contributed by atoms with E-state index < -0.39 is 11.7 Å². The van der Waals surface area contributed by atoms with Gasteiger partial charge in [0.25, 0.3) is 5.91 Å². The van der Waals surface area contributed by atoms with Crippen LogP contribution in [0.15, 0.2) is 18.2 Å². The lowest BCUT2D eigenvalue weighted by Crippen LogP contribution is -2.15. The Bertz CT molecular complexity index is 722. The molecule has 2 aromatic rings. The molecule has 1 amide bonds. The van der Waals surface area contributed by atoms with Crippen molar-refractivity contribution in [3.05, 3.63) is 46.5 Å². The maximum Gasteiger partial charge on any atom is 0.257 e. The largest absolute Gasteiger partial charge is 0.384 e. The van der Waals surface area contributed by atoms with Crippen LogP contribution in [-0.2, 0) is 0 Å². The average molecular weight is 287 g/mol. The van der Waals surface area contributed by atoms with Gasteiger partial charge in [-0.15, -0.1) is 0 Å². The highest BCUT2D eigenvalue weighted by Crippen LogP contribution is 2.19. The number of benzene rings is 1. The molecule has 1 aromatic carbocycles. The van der Waals surface area contributed by atoms with Gasteiger partial charge < -0.3 is 10.4 Å². The second-order valence-corrected chi connectivity index (χ2v) is 4.41. The third-order valence-corrected chi connectivity index (χ3v) is 2.90. The van der Waals surface area contributed by atoms with E-state index >= 15 is 0 Å². The van der Waals surface area contributed by atoms with E-state index in [4.69, 9.17) is 5.11 Å². The Labute approximate surface area is 121 Å². The molecule has 0 saturated carbocycles. The Morgan fingerprint density at radius 2 is 2.24 bits per heavy atom. The smallest absolute Gasteiger partial charge is 0.257 e. The van der Waals surface area contributed by atoms with Gasteiger partial charge in [0.15, 0.2) is 0 Å². The molecule has 0 atom stereocenters. The topological polar surface area (TPSA) is 78.0 Å². The van der Waals surface area contributed by atoms with Crippen LogP contribution >= 0.6 is 0 Å². The number of carbonyl (C=O) groups excluding carboxylic acids is 1. The molecule has 0 aliphatic carbocycles. The molecule has 5 nitrogen and oxygen atoms in total. The highest BCUT2D eigenvalue weighted by Gasteiger charge is 2.15. The van der Waals surface area contributed by atoms with Crippen LogP contribution in [0.4, 0.5) is 10.1 Å². The SMILES string of the molecule is Cc1n[nH]c(C)c1NC(=O)c1cc(F)ccc1C#CCO. The predicted molar refractivity (Wildman–Crippen MR) is 76.4 cm³/mol. The summed E-state index contributed by atoms with van der Waals surface area (Å²) < 4.78 is 13.4. The van der Waals surface area contributed by atoms with E-state index in [9.17, 15) is 9.18 Å². The van der Waals surface area contributed by atoms with Gasteiger partial charge in [0, 0.05) is 5.56 Å². The van der Waals surface area contributed by atoms with Crippen LogP contribution in [-0.4, -0.2) is 27.8 Å². The van der Waals surface area contributed by atoms with Gasteiger partial charge in [-0.1, -0.05) is 11.8 Å². The number of aryl methyl sites for hydroxylation is 2. The van der Waals surface area contributed by atoms with Crippen molar-refractivity contribution < 1.29 is 14.3 Å². The number of anilines is 1. The molecule has 6 heteroatoms. The lowest BCUT2D eigenvalue weighted by molar-refractivity contribution is 0.102. The van der Waals surface area contributed by atoms with Crippen molar-refractivity contribution in [1.82, 2.24) is 10.2 Å². The van der Waals surface area contributed by atoms with Crippen LogP contribution in [0.2, 0.25) is 0 Å². The summed E-state index contributed by atoms with van der Waals surface area (Å²) >= 11 is 0. The van der Waals surface area contributed by atoms with Crippen LogP contribution < -0.4 is 5.32 Å². The zero-order chi connectivity index (χ0) is 15.4. The molecule has 0 radical (unpaired) electrons. The number of carbonyl (C=O) groups is 1. The fourth-order valence-electron chi connectivity index (χ4n) is 1.86. The van der Waals surface area contributed by atoms with E-state index in [2.05, 4.69) is 27.4 Å². The Morgan fingerprint density at radius 3 is 2.86 bits per heavy atom. The molecule has 3 N–H and O–H groups in total. The lowest BCUT2D eigenvalue weighted by atomic mass is 10.1. The number of nitrogens with zero attached hydrogens (tertiary/aromatic N) is 1. The van der Waals surface area contributed by atoms with Crippen molar-refractivity contribution in [2.24, 2.45) is 0 Å². The molecule has 0 saturated heterocycles. The summed E-state index contributed by atoms with van der Waals surface area (Å²) in [4.78, 5) is 12.3. The molecule has 0 aliphatic heterocycles. The number of halogens is 1. The third kappa shape index (κ3) is 3.27. The lowest BCUT2D eigenvalue weighted by Gasteiger charge is -2.07. The number of aliphatic hydroxyl groups is 1. The molecular weight excluding hydrogens is 273 g/mol. The summed E-state index contributed by atoms with van der Waals surface area (Å²) in [6.07, 6.45) is 0. The van der Waals surface area contributed by atoms with Gasteiger partial charge in [-0.05, 0) is 32.0 Å². The van der Waals surface area contributed by atoms with Crippen molar-refractivity contribution in [3.8, 4) is 11.8 Å². The first-order valence-electron chi connectivity index (χ1n) is 6.25. The van der Waals surface area contributed by atoms with Gasteiger partial charge in [0.2, 0.25) is 0 Å². The molecule has 0 aliphatic rings. The second-order valence-electron chi connectivity index (χ2n) is 4.41. The molecule has 0 spiro atoms. The number of hydrogen-bond donors (Lipinski definition) is 3. The van der Waals surface area contributed by atoms with Crippen molar-refractivity contribution in [3.63, 3.8) is 0 Å². The van der Waals surface area contributed by atoms with Crippen LogP contribution in [0.5, 0.6) is 0 Å². The van der Waals surface area contributed by atoms with Crippen LogP contribution in [0.1, 0.15) is 27.3 Å². The minimum absolute atomic E-state index is 0.107. The quantitative estimate of drug-likeness (QED) is 0.736. The molecule has 0 unspecified atom stereocenters. The number of amides is 1. The van der Waals surface area contributed by atoms with E-state index in [1.807, 2.05) is 0 Å². The molecule has 0 bridgehead atoms. The number of H-pyrrole nitrogens is 1. The van der Waals surface area contributed by atoms with Crippen molar-refractivity contribution >= 4 is 11.6 Å². The molecule has 0 fully saturated rings. The van der Waals surface area contributed by atoms with E-state index in [0.717, 1.165) is 6.07 Å². The Morgan fingerprint density at radius 1 is 1.48 bits per heavy atom. The van der Waals surface area contributed by atoms with Gasteiger partial charge in [0.05, 0.1) is 22.6 Å². The molecule has 1 aromatic heterocycles.